The number of rotatable bonds is 5. The van der Waals surface area contributed by atoms with Crippen LogP contribution in [0.3, 0.4) is 0 Å². The summed E-state index contributed by atoms with van der Waals surface area (Å²) in [5.74, 6) is 1.42. The van der Waals surface area contributed by atoms with Crippen molar-refractivity contribution in [2.24, 2.45) is 0 Å². The average molecular weight is 232 g/mol. The van der Waals surface area contributed by atoms with Crippen molar-refractivity contribution in [2.45, 2.75) is 13.5 Å². The first-order valence-corrected chi connectivity index (χ1v) is 5.63. The minimum Gasteiger partial charge on any atom is -0.497 e. The molecule has 0 amide bonds. The maximum atomic E-state index is 5.44. The molecule has 1 N–H and O–H groups in total. The van der Waals surface area contributed by atoms with Crippen LogP contribution < -0.4 is 10.1 Å². The Kier molecular flexibility index (Phi) is 3.77. The van der Waals surface area contributed by atoms with Gasteiger partial charge in [-0.2, -0.15) is 0 Å². The molecule has 2 rings (SSSR count). The van der Waals surface area contributed by atoms with Crippen LogP contribution >= 0.6 is 0 Å². The molecule has 0 saturated heterocycles. The van der Waals surface area contributed by atoms with Gasteiger partial charge in [-0.05, 0) is 24.7 Å². The topological polar surface area (TPSA) is 47.3 Å². The van der Waals surface area contributed by atoms with Crippen molar-refractivity contribution in [3.8, 4) is 17.2 Å². The first kappa shape index (κ1) is 11.7. The van der Waals surface area contributed by atoms with E-state index in [-0.39, 0.29) is 0 Å². The van der Waals surface area contributed by atoms with Crippen LogP contribution in [0.1, 0.15) is 12.6 Å². The molecule has 4 nitrogen and oxygen atoms in total. The lowest BCUT2D eigenvalue weighted by Crippen LogP contribution is -2.11. The molecule has 0 aliphatic carbocycles. The van der Waals surface area contributed by atoms with Gasteiger partial charge in [0.05, 0.1) is 12.8 Å². The van der Waals surface area contributed by atoms with E-state index in [2.05, 4.69) is 17.2 Å². The van der Waals surface area contributed by atoms with Gasteiger partial charge in [0.1, 0.15) is 12.0 Å². The zero-order valence-electron chi connectivity index (χ0n) is 10.1. The highest BCUT2D eigenvalue weighted by Crippen LogP contribution is 2.22. The summed E-state index contributed by atoms with van der Waals surface area (Å²) in [6.45, 7) is 3.70. The van der Waals surface area contributed by atoms with Crippen molar-refractivity contribution in [3.05, 3.63) is 36.2 Å². The third-order valence-corrected chi connectivity index (χ3v) is 2.42. The molecule has 0 saturated carbocycles. The van der Waals surface area contributed by atoms with Gasteiger partial charge in [-0.15, -0.1) is 0 Å². The molecule has 0 unspecified atom stereocenters. The quantitative estimate of drug-likeness (QED) is 0.860. The lowest BCUT2D eigenvalue weighted by Gasteiger charge is -2.00. The third-order valence-electron chi connectivity index (χ3n) is 2.42. The number of nitrogens with one attached hydrogen (secondary N) is 1. The molecule has 0 atom stereocenters. The molecule has 1 aromatic heterocycles. The Morgan fingerprint density at radius 1 is 1.41 bits per heavy atom. The molecule has 0 spiro atoms. The van der Waals surface area contributed by atoms with Crippen LogP contribution in [-0.4, -0.2) is 18.6 Å². The summed E-state index contributed by atoms with van der Waals surface area (Å²) in [5, 5.41) is 3.20. The van der Waals surface area contributed by atoms with Crippen LogP contribution in [0.5, 0.6) is 5.75 Å². The molecule has 1 heterocycles. The van der Waals surface area contributed by atoms with Gasteiger partial charge in [-0.3, -0.25) is 0 Å². The van der Waals surface area contributed by atoms with Crippen LogP contribution in [0.25, 0.3) is 11.5 Å². The van der Waals surface area contributed by atoms with E-state index >= 15 is 0 Å². The summed E-state index contributed by atoms with van der Waals surface area (Å²) < 4.78 is 10.6. The van der Waals surface area contributed by atoms with Gasteiger partial charge < -0.3 is 14.5 Å². The fraction of sp³-hybridized carbons (Fsp3) is 0.308. The minimum absolute atomic E-state index is 0.622. The first-order chi connectivity index (χ1) is 8.33. The Labute approximate surface area is 101 Å². The largest absolute Gasteiger partial charge is 0.497 e. The SMILES string of the molecule is CCNCc1coc(-c2cccc(OC)c2)n1. The molecule has 0 fully saturated rings. The zero-order valence-corrected chi connectivity index (χ0v) is 10.1. The van der Waals surface area contributed by atoms with Gasteiger partial charge in [0.15, 0.2) is 0 Å². The Hall–Kier alpha value is -1.81. The maximum Gasteiger partial charge on any atom is 0.226 e. The Morgan fingerprint density at radius 2 is 2.29 bits per heavy atom. The monoisotopic (exact) mass is 232 g/mol. The number of nitrogens with zero attached hydrogens (tertiary/aromatic N) is 1. The lowest BCUT2D eigenvalue weighted by atomic mass is 10.2. The molecule has 0 bridgehead atoms. The predicted octanol–water partition coefficient (Wildman–Crippen LogP) is 2.46. The van der Waals surface area contributed by atoms with Crippen molar-refractivity contribution >= 4 is 0 Å². The van der Waals surface area contributed by atoms with Crippen LogP contribution in [0, 0.1) is 0 Å². The summed E-state index contributed by atoms with van der Waals surface area (Å²) in [7, 11) is 1.64. The zero-order chi connectivity index (χ0) is 12.1. The number of hydrogen-bond donors (Lipinski definition) is 1. The van der Waals surface area contributed by atoms with Gasteiger partial charge in [0.2, 0.25) is 5.89 Å². The number of benzene rings is 1. The van der Waals surface area contributed by atoms with Crippen molar-refractivity contribution in [1.82, 2.24) is 10.3 Å². The number of hydrogen-bond acceptors (Lipinski definition) is 4. The molecule has 0 radical (unpaired) electrons. The van der Waals surface area contributed by atoms with E-state index in [0.29, 0.717) is 5.89 Å². The van der Waals surface area contributed by atoms with Crippen molar-refractivity contribution in [3.63, 3.8) is 0 Å². The molecule has 1 aromatic carbocycles. The van der Waals surface area contributed by atoms with Crippen LogP contribution in [-0.2, 0) is 6.54 Å². The molecule has 17 heavy (non-hydrogen) atoms. The average Bonchev–Trinajstić information content (AvgIpc) is 2.85. The van der Waals surface area contributed by atoms with Crippen molar-refractivity contribution in [1.29, 1.82) is 0 Å². The number of ether oxygens (including phenoxy) is 1. The van der Waals surface area contributed by atoms with Gasteiger partial charge in [-0.1, -0.05) is 13.0 Å². The van der Waals surface area contributed by atoms with E-state index in [1.165, 1.54) is 0 Å². The van der Waals surface area contributed by atoms with Gasteiger partial charge in [0.25, 0.3) is 0 Å². The van der Waals surface area contributed by atoms with E-state index in [1.54, 1.807) is 13.4 Å². The lowest BCUT2D eigenvalue weighted by molar-refractivity contribution is 0.414. The molecule has 90 valence electrons. The smallest absolute Gasteiger partial charge is 0.226 e. The Morgan fingerprint density at radius 3 is 3.06 bits per heavy atom. The van der Waals surface area contributed by atoms with Gasteiger partial charge in [0, 0.05) is 12.1 Å². The van der Waals surface area contributed by atoms with Gasteiger partial charge >= 0.3 is 0 Å². The van der Waals surface area contributed by atoms with Crippen LogP contribution in [0.4, 0.5) is 0 Å². The molecule has 0 aliphatic rings. The van der Waals surface area contributed by atoms with E-state index in [9.17, 15) is 0 Å². The van der Waals surface area contributed by atoms with E-state index in [4.69, 9.17) is 9.15 Å². The second-order valence-corrected chi connectivity index (χ2v) is 3.66. The maximum absolute atomic E-state index is 5.44. The molecule has 4 heteroatoms. The molecular formula is C13H16N2O2. The fourth-order valence-electron chi connectivity index (χ4n) is 1.53. The summed E-state index contributed by atoms with van der Waals surface area (Å²) in [5.41, 5.74) is 1.83. The minimum atomic E-state index is 0.622. The van der Waals surface area contributed by atoms with E-state index < -0.39 is 0 Å². The number of oxazole rings is 1. The first-order valence-electron chi connectivity index (χ1n) is 5.63. The van der Waals surface area contributed by atoms with Gasteiger partial charge in [-0.25, -0.2) is 4.98 Å². The molecule has 2 aromatic rings. The highest BCUT2D eigenvalue weighted by Gasteiger charge is 2.06. The van der Waals surface area contributed by atoms with Crippen LogP contribution in [0.15, 0.2) is 34.9 Å². The fourth-order valence-corrected chi connectivity index (χ4v) is 1.53. The number of aromatic nitrogens is 1. The Bertz CT molecular complexity index is 480. The van der Waals surface area contributed by atoms with E-state index in [0.717, 1.165) is 30.1 Å². The summed E-state index contributed by atoms with van der Waals surface area (Å²) >= 11 is 0. The second kappa shape index (κ2) is 5.50. The summed E-state index contributed by atoms with van der Waals surface area (Å²) in [4.78, 5) is 4.41. The van der Waals surface area contributed by atoms with Crippen molar-refractivity contribution in [2.75, 3.05) is 13.7 Å². The standard InChI is InChI=1S/C13H16N2O2/c1-3-14-8-11-9-17-13(15-11)10-5-4-6-12(7-10)16-2/h4-7,9,14H,3,8H2,1-2H3. The summed E-state index contributed by atoms with van der Waals surface area (Å²) in [6, 6.07) is 7.67. The molecular weight excluding hydrogens is 216 g/mol. The normalized spacial score (nSPS) is 10.5. The predicted molar refractivity (Wildman–Crippen MR) is 65.9 cm³/mol. The van der Waals surface area contributed by atoms with E-state index in [1.807, 2.05) is 24.3 Å². The highest BCUT2D eigenvalue weighted by atomic mass is 16.5. The van der Waals surface area contributed by atoms with Crippen molar-refractivity contribution < 1.29 is 9.15 Å². The summed E-state index contributed by atoms with van der Waals surface area (Å²) in [6.07, 6.45) is 1.68. The Balaban J connectivity index is 2.18. The van der Waals surface area contributed by atoms with Crippen LogP contribution in [0.2, 0.25) is 0 Å². The second-order valence-electron chi connectivity index (χ2n) is 3.66. The number of methoxy groups -OCH3 is 1. The highest BCUT2D eigenvalue weighted by molar-refractivity contribution is 5.55. The third kappa shape index (κ3) is 2.85. The molecule has 0 aliphatic heterocycles.